The van der Waals surface area contributed by atoms with Crippen LogP contribution in [0.2, 0.25) is 0 Å². The largest absolute Gasteiger partial charge is 0.354 e. The fourth-order valence-electron chi connectivity index (χ4n) is 3.47. The minimum Gasteiger partial charge on any atom is -0.354 e. The summed E-state index contributed by atoms with van der Waals surface area (Å²) in [5.74, 6) is -1.71. The van der Waals surface area contributed by atoms with Gasteiger partial charge in [-0.05, 0) is 38.0 Å². The zero-order valence-electron chi connectivity index (χ0n) is 18.4. The Morgan fingerprint density at radius 1 is 1.09 bits per heavy atom. The van der Waals surface area contributed by atoms with Crippen LogP contribution in [0.25, 0.3) is 0 Å². The number of nitrogens with one attached hydrogen (secondary N) is 1. The molecule has 1 heterocycles. The normalized spacial score (nSPS) is 15.2. The molecule has 3 rings (SSSR count). The number of carbonyl (C=O) groups excluding carboxylic acids is 3. The first-order valence-electron chi connectivity index (χ1n) is 10.5. The van der Waals surface area contributed by atoms with Crippen LogP contribution in [-0.2, 0) is 26.2 Å². The number of fused-ring (bicyclic) bond motifs is 1. The Hall–Kier alpha value is -3.20. The average Bonchev–Trinajstić information content (AvgIpc) is 2.97. The summed E-state index contributed by atoms with van der Waals surface area (Å²) in [4.78, 5) is 39.8. The summed E-state index contributed by atoms with van der Waals surface area (Å²) >= 11 is 0. The van der Waals surface area contributed by atoms with Crippen LogP contribution in [0.15, 0.2) is 53.4 Å². The molecule has 170 valence electrons. The minimum atomic E-state index is -4.13. The van der Waals surface area contributed by atoms with Crippen LogP contribution in [-0.4, -0.2) is 54.5 Å². The molecule has 0 saturated heterocycles. The van der Waals surface area contributed by atoms with E-state index in [1.807, 2.05) is 38.1 Å². The van der Waals surface area contributed by atoms with Gasteiger partial charge in [-0.1, -0.05) is 48.9 Å². The molecule has 2 aromatic rings. The molecule has 1 N–H and O–H groups in total. The van der Waals surface area contributed by atoms with Crippen LogP contribution in [0.5, 0.6) is 0 Å². The molecule has 0 aliphatic carbocycles. The van der Waals surface area contributed by atoms with Gasteiger partial charge in [0, 0.05) is 13.1 Å². The summed E-state index contributed by atoms with van der Waals surface area (Å²) in [5, 5.41) is 2.76. The number of amides is 3. The average molecular weight is 458 g/mol. The number of hydrogen-bond donors (Lipinski definition) is 1. The lowest BCUT2D eigenvalue weighted by atomic mass is 10.1. The maximum Gasteiger partial charge on any atom is 0.269 e. The van der Waals surface area contributed by atoms with Crippen molar-refractivity contribution >= 4 is 27.7 Å². The molecular weight excluding hydrogens is 430 g/mol. The summed E-state index contributed by atoms with van der Waals surface area (Å²) in [6, 6.07) is 12.5. The van der Waals surface area contributed by atoms with Gasteiger partial charge in [0.2, 0.25) is 11.8 Å². The minimum absolute atomic E-state index is 0.0409. The molecule has 0 spiro atoms. The van der Waals surface area contributed by atoms with Crippen molar-refractivity contribution in [3.05, 3.63) is 65.2 Å². The molecule has 2 aromatic carbocycles. The topological polar surface area (TPSA) is 104 Å². The number of sulfonamides is 1. The Morgan fingerprint density at radius 3 is 2.38 bits per heavy atom. The van der Waals surface area contributed by atoms with Crippen LogP contribution >= 0.6 is 0 Å². The van der Waals surface area contributed by atoms with Gasteiger partial charge in [-0.3, -0.25) is 14.4 Å². The van der Waals surface area contributed by atoms with Gasteiger partial charge in [0.1, 0.15) is 17.5 Å². The highest BCUT2D eigenvalue weighted by Gasteiger charge is 2.43. The second kappa shape index (κ2) is 9.52. The third-order valence-electron chi connectivity index (χ3n) is 5.38. The quantitative estimate of drug-likeness (QED) is 0.654. The first-order valence-corrected chi connectivity index (χ1v) is 11.9. The molecule has 1 atom stereocenters. The molecule has 1 aliphatic heterocycles. The highest BCUT2D eigenvalue weighted by Crippen LogP contribution is 2.30. The summed E-state index contributed by atoms with van der Waals surface area (Å²) < 4.78 is 26.3. The van der Waals surface area contributed by atoms with Crippen molar-refractivity contribution in [3.8, 4) is 0 Å². The number of nitrogens with zero attached hydrogens (tertiary/aromatic N) is 2. The molecule has 9 heteroatoms. The zero-order valence-corrected chi connectivity index (χ0v) is 19.2. The van der Waals surface area contributed by atoms with Gasteiger partial charge >= 0.3 is 0 Å². The van der Waals surface area contributed by atoms with Gasteiger partial charge in [-0.25, -0.2) is 12.7 Å². The van der Waals surface area contributed by atoms with Gasteiger partial charge in [0.25, 0.3) is 15.9 Å². The lowest BCUT2D eigenvalue weighted by Crippen LogP contribution is -2.51. The van der Waals surface area contributed by atoms with E-state index in [4.69, 9.17) is 0 Å². The smallest absolute Gasteiger partial charge is 0.269 e. The molecule has 0 bridgehead atoms. The lowest BCUT2D eigenvalue weighted by Gasteiger charge is -2.30. The Morgan fingerprint density at radius 2 is 1.75 bits per heavy atom. The Labute approximate surface area is 188 Å². The maximum absolute atomic E-state index is 13.3. The first kappa shape index (κ1) is 23.5. The zero-order chi connectivity index (χ0) is 23.5. The van der Waals surface area contributed by atoms with Crippen LogP contribution < -0.4 is 5.32 Å². The number of hydrogen-bond acceptors (Lipinski definition) is 5. The van der Waals surface area contributed by atoms with Crippen molar-refractivity contribution in [1.82, 2.24) is 14.5 Å². The number of carbonyl (C=O) groups is 3. The van der Waals surface area contributed by atoms with Crippen LogP contribution in [0.3, 0.4) is 0 Å². The van der Waals surface area contributed by atoms with Gasteiger partial charge in [-0.15, -0.1) is 0 Å². The Bertz CT molecular complexity index is 1130. The third kappa shape index (κ3) is 4.67. The Balaban J connectivity index is 1.87. The van der Waals surface area contributed by atoms with Crippen LogP contribution in [0.4, 0.5) is 0 Å². The summed E-state index contributed by atoms with van der Waals surface area (Å²) in [6.45, 7) is 5.34. The molecule has 1 unspecified atom stereocenters. The van der Waals surface area contributed by atoms with E-state index in [-0.39, 0.29) is 22.9 Å². The number of rotatable bonds is 8. The predicted octanol–water partition coefficient (Wildman–Crippen LogP) is 2.08. The first-order chi connectivity index (χ1) is 15.2. The monoisotopic (exact) mass is 457 g/mol. The number of benzene rings is 2. The molecule has 8 nitrogen and oxygen atoms in total. The molecule has 0 fully saturated rings. The molecule has 0 saturated carbocycles. The Kier molecular flexibility index (Phi) is 6.98. The SMILES string of the molecule is CCCNC(=O)C(C)N(Cc1ccc(C)cc1)C(=O)CN1C(=O)c2ccccc2S1(=O)=O. The van der Waals surface area contributed by atoms with E-state index in [2.05, 4.69) is 5.32 Å². The van der Waals surface area contributed by atoms with Crippen molar-refractivity contribution in [2.75, 3.05) is 13.1 Å². The van der Waals surface area contributed by atoms with E-state index in [0.29, 0.717) is 10.8 Å². The highest BCUT2D eigenvalue weighted by molar-refractivity contribution is 7.90. The van der Waals surface area contributed by atoms with Crippen molar-refractivity contribution in [3.63, 3.8) is 0 Å². The fourth-order valence-corrected chi connectivity index (χ4v) is 4.99. The standard InChI is InChI=1S/C23H27N3O5S/c1-4-13-24-22(28)17(3)25(14-18-11-9-16(2)10-12-18)21(27)15-26-23(29)19-7-5-6-8-20(19)32(26,30)31/h5-12,17H,4,13-15H2,1-3H3,(H,24,28). The van der Waals surface area contributed by atoms with E-state index in [9.17, 15) is 22.8 Å². The second-order valence-electron chi connectivity index (χ2n) is 7.79. The van der Waals surface area contributed by atoms with E-state index >= 15 is 0 Å². The third-order valence-corrected chi connectivity index (χ3v) is 7.17. The highest BCUT2D eigenvalue weighted by atomic mass is 32.2. The van der Waals surface area contributed by atoms with Crippen LogP contribution in [0, 0.1) is 6.92 Å². The fraction of sp³-hybridized carbons (Fsp3) is 0.348. The van der Waals surface area contributed by atoms with E-state index in [0.717, 1.165) is 17.5 Å². The van der Waals surface area contributed by atoms with Gasteiger partial charge < -0.3 is 10.2 Å². The molecule has 3 amide bonds. The second-order valence-corrected chi connectivity index (χ2v) is 9.62. The lowest BCUT2D eigenvalue weighted by molar-refractivity contribution is -0.140. The van der Waals surface area contributed by atoms with Crippen molar-refractivity contribution in [1.29, 1.82) is 0 Å². The molecule has 32 heavy (non-hydrogen) atoms. The summed E-state index contributed by atoms with van der Waals surface area (Å²) in [5.41, 5.74) is 1.88. The predicted molar refractivity (Wildman–Crippen MR) is 119 cm³/mol. The van der Waals surface area contributed by atoms with E-state index in [1.165, 1.54) is 23.1 Å². The molecule has 0 radical (unpaired) electrons. The van der Waals surface area contributed by atoms with Gasteiger partial charge in [0.05, 0.1) is 5.56 Å². The molecule has 0 aromatic heterocycles. The van der Waals surface area contributed by atoms with Crippen molar-refractivity contribution < 1.29 is 22.8 Å². The molecular formula is C23H27N3O5S. The van der Waals surface area contributed by atoms with E-state index in [1.54, 1.807) is 13.0 Å². The van der Waals surface area contributed by atoms with Crippen molar-refractivity contribution in [2.24, 2.45) is 0 Å². The van der Waals surface area contributed by atoms with Gasteiger partial charge in [-0.2, -0.15) is 0 Å². The maximum atomic E-state index is 13.3. The van der Waals surface area contributed by atoms with E-state index < -0.39 is 34.4 Å². The van der Waals surface area contributed by atoms with Crippen molar-refractivity contribution in [2.45, 2.75) is 44.7 Å². The number of aryl methyl sites for hydroxylation is 1. The summed E-state index contributed by atoms with van der Waals surface area (Å²) in [7, 11) is -4.13. The molecule has 1 aliphatic rings. The summed E-state index contributed by atoms with van der Waals surface area (Å²) in [6.07, 6.45) is 0.739. The van der Waals surface area contributed by atoms with Crippen LogP contribution in [0.1, 0.15) is 41.8 Å². The van der Waals surface area contributed by atoms with Gasteiger partial charge in [0.15, 0.2) is 0 Å².